The second-order valence-electron chi connectivity index (χ2n) is 4.50. The molecule has 0 atom stereocenters. The summed E-state index contributed by atoms with van der Waals surface area (Å²) in [4.78, 5) is 0. The van der Waals surface area contributed by atoms with Crippen LogP contribution in [0.15, 0.2) is 24.3 Å². The number of anilines is 1. The van der Waals surface area contributed by atoms with E-state index in [1.54, 1.807) is 24.3 Å². The van der Waals surface area contributed by atoms with Crippen molar-refractivity contribution in [1.82, 2.24) is 0 Å². The molecular weight excluding hydrogens is 278 g/mol. The summed E-state index contributed by atoms with van der Waals surface area (Å²) in [5, 5.41) is 8.21. The van der Waals surface area contributed by atoms with E-state index in [0.29, 0.717) is 31.7 Å². The zero-order valence-corrected chi connectivity index (χ0v) is 11.8. The van der Waals surface area contributed by atoms with E-state index in [2.05, 4.69) is 16.6 Å². The van der Waals surface area contributed by atoms with Crippen LogP contribution in [0.25, 0.3) is 0 Å². The van der Waals surface area contributed by atoms with Gasteiger partial charge in [-0.05, 0) is 37.1 Å². The van der Waals surface area contributed by atoms with Gasteiger partial charge in [-0.25, -0.2) is 8.42 Å². The SMILES string of the molecule is O=S(=O)(Nc1ccc(C#CCO)cc1)C1CCOCC1. The smallest absolute Gasteiger partial charge is 0.235 e. The minimum absolute atomic E-state index is 0.196. The molecule has 1 heterocycles. The van der Waals surface area contributed by atoms with E-state index in [4.69, 9.17) is 9.84 Å². The van der Waals surface area contributed by atoms with E-state index in [0.717, 1.165) is 5.56 Å². The van der Waals surface area contributed by atoms with Gasteiger partial charge in [0.1, 0.15) is 6.61 Å². The molecule has 0 radical (unpaired) electrons. The summed E-state index contributed by atoms with van der Waals surface area (Å²) >= 11 is 0. The molecule has 0 amide bonds. The first-order chi connectivity index (χ1) is 9.62. The van der Waals surface area contributed by atoms with Crippen LogP contribution in [0.2, 0.25) is 0 Å². The van der Waals surface area contributed by atoms with Gasteiger partial charge in [0, 0.05) is 24.5 Å². The summed E-state index contributed by atoms with van der Waals surface area (Å²) in [6.07, 6.45) is 1.05. The van der Waals surface area contributed by atoms with Gasteiger partial charge < -0.3 is 9.84 Å². The first-order valence-corrected chi connectivity index (χ1v) is 7.95. The number of aliphatic hydroxyl groups is 1. The van der Waals surface area contributed by atoms with Crippen molar-refractivity contribution in [2.45, 2.75) is 18.1 Å². The zero-order chi connectivity index (χ0) is 14.4. The topological polar surface area (TPSA) is 75.6 Å². The Morgan fingerprint density at radius 1 is 1.25 bits per heavy atom. The van der Waals surface area contributed by atoms with Crippen molar-refractivity contribution in [2.75, 3.05) is 24.5 Å². The molecule has 2 rings (SSSR count). The Kier molecular flexibility index (Phi) is 5.01. The van der Waals surface area contributed by atoms with Crippen molar-refractivity contribution in [3.8, 4) is 11.8 Å². The highest BCUT2D eigenvalue weighted by molar-refractivity contribution is 7.93. The molecule has 0 aromatic heterocycles. The molecule has 20 heavy (non-hydrogen) atoms. The quantitative estimate of drug-likeness (QED) is 0.814. The monoisotopic (exact) mass is 295 g/mol. The van der Waals surface area contributed by atoms with Gasteiger partial charge in [0.2, 0.25) is 10.0 Å². The molecular formula is C14H17NO4S. The molecule has 5 nitrogen and oxygen atoms in total. The van der Waals surface area contributed by atoms with Gasteiger partial charge in [-0.15, -0.1) is 0 Å². The van der Waals surface area contributed by atoms with Crippen molar-refractivity contribution in [3.63, 3.8) is 0 Å². The van der Waals surface area contributed by atoms with Crippen LogP contribution in [0.4, 0.5) is 5.69 Å². The Hall–Kier alpha value is -1.55. The molecule has 1 fully saturated rings. The standard InChI is InChI=1S/C14H17NO4S/c16-9-1-2-12-3-5-13(6-4-12)15-20(17,18)14-7-10-19-11-8-14/h3-6,14-16H,7-11H2. The molecule has 1 aliphatic heterocycles. The average Bonchev–Trinajstić information content (AvgIpc) is 2.47. The third-order valence-electron chi connectivity index (χ3n) is 3.06. The van der Waals surface area contributed by atoms with Gasteiger partial charge in [0.15, 0.2) is 0 Å². The van der Waals surface area contributed by atoms with Crippen LogP contribution in [0, 0.1) is 11.8 Å². The molecule has 0 aliphatic carbocycles. The second-order valence-corrected chi connectivity index (χ2v) is 6.46. The number of aliphatic hydroxyl groups excluding tert-OH is 1. The van der Waals surface area contributed by atoms with Crippen LogP contribution >= 0.6 is 0 Å². The van der Waals surface area contributed by atoms with E-state index < -0.39 is 15.3 Å². The molecule has 1 saturated heterocycles. The van der Waals surface area contributed by atoms with Crippen LogP contribution in [0.5, 0.6) is 0 Å². The van der Waals surface area contributed by atoms with Crippen molar-refractivity contribution in [1.29, 1.82) is 0 Å². The van der Waals surface area contributed by atoms with Gasteiger partial charge in [-0.3, -0.25) is 4.72 Å². The number of hydrogen-bond acceptors (Lipinski definition) is 4. The van der Waals surface area contributed by atoms with Gasteiger partial charge in [-0.1, -0.05) is 11.8 Å². The van der Waals surface area contributed by atoms with E-state index in [1.165, 1.54) is 0 Å². The van der Waals surface area contributed by atoms with E-state index in [-0.39, 0.29) is 6.61 Å². The molecule has 1 aromatic carbocycles. The molecule has 0 saturated carbocycles. The lowest BCUT2D eigenvalue weighted by atomic mass is 10.2. The number of hydrogen-bond donors (Lipinski definition) is 2. The lowest BCUT2D eigenvalue weighted by molar-refractivity contribution is 0.0984. The van der Waals surface area contributed by atoms with Crippen LogP contribution in [-0.2, 0) is 14.8 Å². The largest absolute Gasteiger partial charge is 0.384 e. The fraction of sp³-hybridized carbons (Fsp3) is 0.429. The average molecular weight is 295 g/mol. The summed E-state index contributed by atoms with van der Waals surface area (Å²) in [5.41, 5.74) is 1.25. The van der Waals surface area contributed by atoms with E-state index in [9.17, 15) is 8.42 Å². The fourth-order valence-corrected chi connectivity index (χ4v) is 3.44. The summed E-state index contributed by atoms with van der Waals surface area (Å²) in [6, 6.07) is 6.76. The molecule has 0 unspecified atom stereocenters. The van der Waals surface area contributed by atoms with Crippen molar-refractivity contribution >= 4 is 15.7 Å². The highest BCUT2D eigenvalue weighted by Gasteiger charge is 2.27. The van der Waals surface area contributed by atoms with Crippen LogP contribution in [0.3, 0.4) is 0 Å². The zero-order valence-electron chi connectivity index (χ0n) is 11.0. The molecule has 1 aromatic rings. The van der Waals surface area contributed by atoms with E-state index >= 15 is 0 Å². The third kappa shape index (κ3) is 3.97. The first kappa shape index (κ1) is 14.9. The number of nitrogens with one attached hydrogen (secondary N) is 1. The lowest BCUT2D eigenvalue weighted by Crippen LogP contribution is -2.33. The summed E-state index contributed by atoms with van der Waals surface area (Å²) in [6.45, 7) is 0.778. The van der Waals surface area contributed by atoms with Crippen molar-refractivity contribution in [2.24, 2.45) is 0 Å². The van der Waals surface area contributed by atoms with Gasteiger partial charge >= 0.3 is 0 Å². The summed E-state index contributed by atoms with van der Waals surface area (Å²) in [5.74, 6) is 5.29. The maximum absolute atomic E-state index is 12.2. The minimum Gasteiger partial charge on any atom is -0.384 e. The van der Waals surface area contributed by atoms with Crippen LogP contribution in [0.1, 0.15) is 18.4 Å². The Morgan fingerprint density at radius 2 is 1.90 bits per heavy atom. The molecule has 0 bridgehead atoms. The van der Waals surface area contributed by atoms with Crippen molar-refractivity contribution < 1.29 is 18.3 Å². The second kappa shape index (κ2) is 6.75. The lowest BCUT2D eigenvalue weighted by Gasteiger charge is -2.22. The highest BCUT2D eigenvalue weighted by atomic mass is 32.2. The van der Waals surface area contributed by atoms with E-state index in [1.807, 2.05) is 0 Å². The maximum Gasteiger partial charge on any atom is 0.235 e. The van der Waals surface area contributed by atoms with Crippen LogP contribution < -0.4 is 4.72 Å². The Balaban J connectivity index is 2.05. The van der Waals surface area contributed by atoms with Crippen LogP contribution in [-0.4, -0.2) is 38.6 Å². The Morgan fingerprint density at radius 3 is 2.50 bits per heavy atom. The fourth-order valence-electron chi connectivity index (χ4n) is 2.00. The van der Waals surface area contributed by atoms with Gasteiger partial charge in [-0.2, -0.15) is 0 Å². The minimum atomic E-state index is -3.37. The highest BCUT2D eigenvalue weighted by Crippen LogP contribution is 2.19. The molecule has 108 valence electrons. The number of sulfonamides is 1. The Labute approximate surface area is 119 Å². The Bertz CT molecular complexity index is 592. The molecule has 0 spiro atoms. The number of benzene rings is 1. The predicted octanol–water partition coefficient (Wildman–Crippen LogP) is 0.951. The summed E-state index contributed by atoms with van der Waals surface area (Å²) in [7, 11) is -3.37. The number of ether oxygens (including phenoxy) is 1. The molecule has 1 aliphatic rings. The number of rotatable bonds is 3. The maximum atomic E-state index is 12.2. The van der Waals surface area contributed by atoms with Crippen molar-refractivity contribution in [3.05, 3.63) is 29.8 Å². The normalized spacial score (nSPS) is 16.2. The molecule has 6 heteroatoms. The predicted molar refractivity (Wildman–Crippen MR) is 76.8 cm³/mol. The van der Waals surface area contributed by atoms with Gasteiger partial charge in [0.25, 0.3) is 0 Å². The molecule has 2 N–H and O–H groups in total. The van der Waals surface area contributed by atoms with Gasteiger partial charge in [0.05, 0.1) is 5.25 Å². The first-order valence-electron chi connectivity index (χ1n) is 6.41. The third-order valence-corrected chi connectivity index (χ3v) is 4.93. The summed E-state index contributed by atoms with van der Waals surface area (Å²) < 4.78 is 32.1.